The van der Waals surface area contributed by atoms with E-state index < -0.39 is 0 Å². The average molecular weight is 494 g/mol. The number of hydrogen-bond donors (Lipinski definition) is 1. The minimum absolute atomic E-state index is 0. The van der Waals surface area contributed by atoms with E-state index in [4.69, 9.17) is 0 Å². The van der Waals surface area contributed by atoms with E-state index in [0.29, 0.717) is 18.7 Å². The van der Waals surface area contributed by atoms with Crippen molar-refractivity contribution >= 4 is 54.1 Å². The molecule has 0 aliphatic heterocycles. The standard InChI is InChI=1S/C24H28N4OS.2ClH/c1-5-28(4)16-26-21-12-17(2)20(11-18(21)3)13-23-27-22(15-30-23)24(29)25-14-19-9-7-6-8-10-19;;/h6-12,15-16H,5,13-14H2,1-4H3,(H,25,29);2*1H. The molecule has 0 unspecified atom stereocenters. The molecule has 0 saturated carbocycles. The van der Waals surface area contributed by atoms with Crippen molar-refractivity contribution in [1.82, 2.24) is 15.2 Å². The Morgan fingerprint density at radius 3 is 2.56 bits per heavy atom. The van der Waals surface area contributed by atoms with E-state index in [1.165, 1.54) is 22.5 Å². The highest BCUT2D eigenvalue weighted by atomic mass is 35.5. The lowest BCUT2D eigenvalue weighted by molar-refractivity contribution is 0.0946. The van der Waals surface area contributed by atoms with Crippen molar-refractivity contribution in [3.05, 3.63) is 80.8 Å². The summed E-state index contributed by atoms with van der Waals surface area (Å²) in [6, 6.07) is 14.2. The molecule has 2 aromatic carbocycles. The van der Waals surface area contributed by atoms with E-state index in [1.807, 2.05) is 54.0 Å². The Morgan fingerprint density at radius 1 is 1.16 bits per heavy atom. The zero-order chi connectivity index (χ0) is 21.5. The summed E-state index contributed by atoms with van der Waals surface area (Å²) in [5.74, 6) is -0.140. The maximum absolute atomic E-state index is 12.4. The van der Waals surface area contributed by atoms with Gasteiger partial charge in [0, 0.05) is 31.9 Å². The Kier molecular flexibility index (Phi) is 11.4. The second kappa shape index (κ2) is 13.2. The molecule has 1 N–H and O–H groups in total. The van der Waals surface area contributed by atoms with E-state index in [2.05, 4.69) is 48.2 Å². The zero-order valence-corrected chi connectivity index (χ0v) is 21.2. The second-order valence-corrected chi connectivity index (χ2v) is 8.30. The highest BCUT2D eigenvalue weighted by molar-refractivity contribution is 7.09. The lowest BCUT2D eigenvalue weighted by Gasteiger charge is -2.11. The van der Waals surface area contributed by atoms with Gasteiger partial charge in [-0.2, -0.15) is 0 Å². The van der Waals surface area contributed by atoms with Crippen LogP contribution in [0.5, 0.6) is 0 Å². The van der Waals surface area contributed by atoms with Crippen molar-refractivity contribution in [2.75, 3.05) is 13.6 Å². The van der Waals surface area contributed by atoms with Gasteiger partial charge >= 0.3 is 0 Å². The van der Waals surface area contributed by atoms with Gasteiger partial charge in [0.05, 0.1) is 17.0 Å². The van der Waals surface area contributed by atoms with Crippen LogP contribution in [0.3, 0.4) is 0 Å². The van der Waals surface area contributed by atoms with Crippen molar-refractivity contribution in [3.63, 3.8) is 0 Å². The molecule has 8 heteroatoms. The highest BCUT2D eigenvalue weighted by Gasteiger charge is 2.12. The molecule has 1 amide bonds. The van der Waals surface area contributed by atoms with Crippen LogP contribution in [0.2, 0.25) is 0 Å². The maximum atomic E-state index is 12.4. The van der Waals surface area contributed by atoms with Crippen molar-refractivity contribution in [1.29, 1.82) is 0 Å². The molecule has 5 nitrogen and oxygen atoms in total. The smallest absolute Gasteiger partial charge is 0.271 e. The second-order valence-electron chi connectivity index (χ2n) is 7.35. The molecule has 0 spiro atoms. The molecule has 0 radical (unpaired) electrons. The third kappa shape index (κ3) is 7.62. The van der Waals surface area contributed by atoms with Crippen molar-refractivity contribution in [2.45, 2.75) is 33.7 Å². The number of thiazole rings is 1. The number of aryl methyl sites for hydroxylation is 2. The maximum Gasteiger partial charge on any atom is 0.271 e. The van der Waals surface area contributed by atoms with E-state index in [0.717, 1.165) is 28.4 Å². The Hall–Kier alpha value is -2.41. The minimum Gasteiger partial charge on any atom is -0.366 e. The summed E-state index contributed by atoms with van der Waals surface area (Å²) in [6.07, 6.45) is 2.57. The lowest BCUT2D eigenvalue weighted by Crippen LogP contribution is -2.23. The minimum atomic E-state index is -0.140. The number of amides is 1. The van der Waals surface area contributed by atoms with Crippen LogP contribution in [-0.2, 0) is 13.0 Å². The first-order valence-corrected chi connectivity index (χ1v) is 10.9. The quantitative estimate of drug-likeness (QED) is 0.322. The molecule has 1 aromatic heterocycles. The molecule has 0 aliphatic carbocycles. The first-order valence-electron chi connectivity index (χ1n) is 10.1. The Balaban J connectivity index is 0.00000256. The molecular formula is C24H30Cl2N4OS. The van der Waals surface area contributed by atoms with Crippen LogP contribution in [0, 0.1) is 13.8 Å². The van der Waals surface area contributed by atoms with Gasteiger partial charge in [0.2, 0.25) is 0 Å². The largest absolute Gasteiger partial charge is 0.366 e. The summed E-state index contributed by atoms with van der Waals surface area (Å²) in [5, 5.41) is 5.70. The molecule has 0 bridgehead atoms. The third-order valence-electron chi connectivity index (χ3n) is 4.97. The number of carbonyl (C=O) groups excluding carboxylic acids is 1. The van der Waals surface area contributed by atoms with Crippen LogP contribution in [0.4, 0.5) is 5.69 Å². The highest BCUT2D eigenvalue weighted by Crippen LogP contribution is 2.26. The summed E-state index contributed by atoms with van der Waals surface area (Å²) in [4.78, 5) is 23.6. The summed E-state index contributed by atoms with van der Waals surface area (Å²) >= 11 is 1.52. The molecule has 0 fully saturated rings. The summed E-state index contributed by atoms with van der Waals surface area (Å²) in [5.41, 5.74) is 6.05. The van der Waals surface area contributed by atoms with Crippen molar-refractivity contribution in [3.8, 4) is 0 Å². The fraction of sp³-hybridized carbons (Fsp3) is 0.292. The van der Waals surface area contributed by atoms with Gasteiger partial charge in [-0.3, -0.25) is 4.79 Å². The van der Waals surface area contributed by atoms with Crippen LogP contribution in [0.1, 0.15) is 44.7 Å². The van der Waals surface area contributed by atoms with Gasteiger partial charge in [0.25, 0.3) is 5.91 Å². The van der Waals surface area contributed by atoms with Gasteiger partial charge in [0.15, 0.2) is 0 Å². The Labute approximate surface area is 206 Å². The molecule has 3 rings (SSSR count). The summed E-state index contributed by atoms with van der Waals surface area (Å²) in [6.45, 7) is 7.69. The van der Waals surface area contributed by atoms with Crippen LogP contribution < -0.4 is 5.32 Å². The number of halogens is 2. The molecule has 0 saturated heterocycles. The van der Waals surface area contributed by atoms with Crippen molar-refractivity contribution in [2.24, 2.45) is 4.99 Å². The molecule has 3 aromatic rings. The van der Waals surface area contributed by atoms with E-state index in [9.17, 15) is 4.79 Å². The lowest BCUT2D eigenvalue weighted by atomic mass is 10.0. The molecule has 1 heterocycles. The molecular weight excluding hydrogens is 463 g/mol. The number of nitrogens with one attached hydrogen (secondary N) is 1. The van der Waals surface area contributed by atoms with E-state index in [1.54, 1.807) is 0 Å². The van der Waals surface area contributed by atoms with E-state index in [-0.39, 0.29) is 30.7 Å². The van der Waals surface area contributed by atoms with Gasteiger partial charge in [-0.15, -0.1) is 36.2 Å². The van der Waals surface area contributed by atoms with Crippen LogP contribution in [0.15, 0.2) is 52.8 Å². The SMILES string of the molecule is CCN(C)C=Nc1cc(C)c(Cc2nc(C(=O)NCc3ccccc3)cs2)cc1C.Cl.Cl. The molecule has 0 aliphatic rings. The third-order valence-corrected chi connectivity index (χ3v) is 5.82. The summed E-state index contributed by atoms with van der Waals surface area (Å²) in [7, 11) is 2.01. The number of aromatic nitrogens is 1. The van der Waals surface area contributed by atoms with Gasteiger partial charge in [-0.1, -0.05) is 36.4 Å². The topological polar surface area (TPSA) is 57.6 Å². The number of rotatable bonds is 8. The molecule has 172 valence electrons. The van der Waals surface area contributed by atoms with E-state index >= 15 is 0 Å². The number of nitrogens with zero attached hydrogens (tertiary/aromatic N) is 3. The number of hydrogen-bond acceptors (Lipinski definition) is 4. The number of carbonyl (C=O) groups is 1. The monoisotopic (exact) mass is 492 g/mol. The normalized spacial score (nSPS) is 10.4. The number of benzene rings is 2. The number of aliphatic imine (C=N–C) groups is 1. The fourth-order valence-corrected chi connectivity index (χ4v) is 3.76. The van der Waals surface area contributed by atoms with Crippen LogP contribution in [0.25, 0.3) is 0 Å². The van der Waals surface area contributed by atoms with Crippen LogP contribution in [-0.4, -0.2) is 35.7 Å². The van der Waals surface area contributed by atoms with Gasteiger partial charge in [-0.25, -0.2) is 9.98 Å². The summed E-state index contributed by atoms with van der Waals surface area (Å²) < 4.78 is 0. The predicted molar refractivity (Wildman–Crippen MR) is 139 cm³/mol. The zero-order valence-electron chi connectivity index (χ0n) is 18.8. The Morgan fingerprint density at radius 2 is 1.88 bits per heavy atom. The molecule has 32 heavy (non-hydrogen) atoms. The predicted octanol–water partition coefficient (Wildman–Crippen LogP) is 5.74. The first-order chi connectivity index (χ1) is 14.5. The average Bonchev–Trinajstić information content (AvgIpc) is 3.22. The van der Waals surface area contributed by atoms with Crippen LogP contribution >= 0.6 is 36.2 Å². The Bertz CT molecular complexity index is 1040. The van der Waals surface area contributed by atoms with Gasteiger partial charge in [-0.05, 0) is 49.1 Å². The molecule has 0 atom stereocenters. The van der Waals surface area contributed by atoms with Gasteiger partial charge in [0.1, 0.15) is 5.69 Å². The van der Waals surface area contributed by atoms with Crippen molar-refractivity contribution < 1.29 is 4.79 Å². The van der Waals surface area contributed by atoms with Gasteiger partial charge < -0.3 is 10.2 Å². The first kappa shape index (κ1) is 27.6. The fourth-order valence-electron chi connectivity index (χ4n) is 2.96.